The molecule has 0 heterocycles. The van der Waals surface area contributed by atoms with Gasteiger partial charge in [0.25, 0.3) is 0 Å². The van der Waals surface area contributed by atoms with Crippen molar-refractivity contribution in [3.8, 4) is 0 Å². The van der Waals surface area contributed by atoms with Crippen LogP contribution in [0.15, 0.2) is 5.34 Å². The van der Waals surface area contributed by atoms with Gasteiger partial charge in [0, 0.05) is 0 Å². The Hall–Kier alpha value is -0.610. The van der Waals surface area contributed by atoms with Gasteiger partial charge in [-0.15, -0.1) is 4.91 Å². The molecule has 54 valence electrons. The zero-order chi connectivity index (χ0) is 7.11. The van der Waals surface area contributed by atoms with E-state index in [1.54, 1.807) is 5.34 Å². The molecule has 0 rings (SSSR count). The quantitative estimate of drug-likeness (QED) is 0.331. The summed E-state index contributed by atoms with van der Waals surface area (Å²) in [5.41, 5.74) is 0. The molecule has 0 saturated heterocycles. The second-order valence-electron chi connectivity index (χ2n) is 0.564. The van der Waals surface area contributed by atoms with Gasteiger partial charge in [-0.2, -0.15) is 9.20 Å². The van der Waals surface area contributed by atoms with E-state index in [1.807, 2.05) is 0 Å². The van der Waals surface area contributed by atoms with Crippen molar-refractivity contribution < 1.29 is 28.2 Å². The maximum atomic E-state index is 9.86. The molecule has 1 unspecified atom stereocenters. The maximum absolute atomic E-state index is 9.86. The van der Waals surface area contributed by atoms with Crippen LogP contribution in [0.25, 0.3) is 0 Å². The van der Waals surface area contributed by atoms with Gasteiger partial charge < -0.3 is 0 Å². The average Bonchev–Trinajstić information content (AvgIpc) is 1.85. The van der Waals surface area contributed by atoms with Crippen molar-refractivity contribution in [1.29, 1.82) is 0 Å². The smallest absolute Gasteiger partial charge is 0.220 e. The Morgan fingerprint density at radius 3 is 2.56 bits per heavy atom. The van der Waals surface area contributed by atoms with E-state index in [0.29, 0.717) is 0 Å². The summed E-state index contributed by atoms with van der Waals surface area (Å²) in [7, 11) is 0. The number of hydrogen-bond donors (Lipinski definition) is 1. The van der Waals surface area contributed by atoms with Crippen LogP contribution in [0.1, 0.15) is 0 Å². The first-order valence-corrected chi connectivity index (χ1v) is 2.38. The van der Waals surface area contributed by atoms with Gasteiger partial charge in [0.1, 0.15) is 0 Å². The molecule has 0 aliphatic rings. The predicted molar refractivity (Wildman–Crippen MR) is 20.9 cm³/mol. The van der Waals surface area contributed by atoms with Crippen molar-refractivity contribution >= 4 is 11.4 Å². The summed E-state index contributed by atoms with van der Waals surface area (Å²) in [5, 5.41) is 11.9. The molecule has 1 N–H and O–H groups in total. The van der Waals surface area contributed by atoms with Crippen molar-refractivity contribution in [2.75, 3.05) is 0 Å². The van der Waals surface area contributed by atoms with Crippen LogP contribution in [0.2, 0.25) is 0 Å². The van der Waals surface area contributed by atoms with Crippen molar-refractivity contribution in [3.63, 3.8) is 0 Å². The molecule has 0 aliphatic heterocycles. The molecule has 9 heteroatoms. The van der Waals surface area contributed by atoms with Gasteiger partial charge in [0.15, 0.2) is 5.34 Å². The average molecular weight is 159 g/mol. The lowest BCUT2D eigenvalue weighted by Crippen LogP contribution is -1.99. The Bertz CT molecular complexity index is 99.1. The lowest BCUT2D eigenvalue weighted by atomic mass is 13.4. The molecule has 8 nitrogen and oxygen atoms in total. The van der Waals surface area contributed by atoms with Crippen LogP contribution < -0.4 is 0 Å². The summed E-state index contributed by atoms with van der Waals surface area (Å²) in [4.78, 5) is 12.2. The molecule has 0 bridgehead atoms. The highest BCUT2D eigenvalue weighted by Crippen LogP contribution is 1.88. The number of nitrogens with zero attached hydrogens (tertiary/aromatic N) is 1. The molecule has 0 aromatic carbocycles. The van der Waals surface area contributed by atoms with Crippen LogP contribution >= 0.6 is 0 Å². The second kappa shape index (κ2) is 5.53. The molecule has 0 radical (unpaired) electrons. The van der Waals surface area contributed by atoms with E-state index >= 15 is 0 Å². The number of hydrogen-bond acceptors (Lipinski definition) is 8. The molecule has 9 heavy (non-hydrogen) atoms. The van der Waals surface area contributed by atoms with Crippen LogP contribution in [0.5, 0.6) is 0 Å². The summed E-state index contributed by atoms with van der Waals surface area (Å²) in [6.45, 7) is 0. The molecule has 0 amide bonds. The monoisotopic (exact) mass is 159 g/mol. The van der Waals surface area contributed by atoms with Gasteiger partial charge in [0.2, 0.25) is 0 Å². The zero-order valence-corrected chi connectivity index (χ0v) is 4.57. The van der Waals surface area contributed by atoms with Crippen molar-refractivity contribution in [1.82, 2.24) is 0 Å². The fraction of sp³-hybridized carbons (Fsp3) is 0. The van der Waals surface area contributed by atoms with Gasteiger partial charge in [0.05, 0.1) is 0 Å². The molecular weight excluding hydrogens is 158 g/mol. The van der Waals surface area contributed by atoms with Crippen LogP contribution in [0, 0.1) is 4.91 Å². The van der Waals surface area contributed by atoms with E-state index in [2.05, 4.69) is 18.7 Å². The third kappa shape index (κ3) is 5.26. The van der Waals surface area contributed by atoms with Gasteiger partial charge in [-0.05, 0) is 4.33 Å². The Morgan fingerprint density at radius 1 is 1.44 bits per heavy atom. The van der Waals surface area contributed by atoms with Crippen LogP contribution in [-0.4, -0.2) is 9.47 Å². The summed E-state index contributed by atoms with van der Waals surface area (Å²) in [6.07, 6.45) is 0. The number of rotatable bonds is 5. The third-order valence-corrected chi connectivity index (χ3v) is 0.546. The first-order valence-electron chi connectivity index (χ1n) is 1.38. The molecule has 0 aromatic rings. The second-order valence-corrected chi connectivity index (χ2v) is 1.24. The molecule has 0 aliphatic carbocycles. The molecule has 0 fully saturated rings. The molecule has 1 atom stereocenters. The van der Waals surface area contributed by atoms with E-state index in [0.717, 1.165) is 0 Å². The van der Waals surface area contributed by atoms with Crippen molar-refractivity contribution in [2.24, 2.45) is 5.34 Å². The minimum Gasteiger partial charge on any atom is -0.220 e. The lowest BCUT2D eigenvalue weighted by Gasteiger charge is -1.89. The van der Waals surface area contributed by atoms with Gasteiger partial charge in [-0.25, -0.2) is 5.26 Å². The van der Waals surface area contributed by atoms with Crippen molar-refractivity contribution in [2.45, 2.75) is 0 Å². The maximum Gasteiger partial charge on any atom is 0.376 e. The van der Waals surface area contributed by atoms with E-state index in [4.69, 9.17) is 10.2 Å². The minimum atomic E-state index is -2.51. The summed E-state index contributed by atoms with van der Waals surface area (Å²) < 4.78 is 16.6. The first kappa shape index (κ1) is 8.39. The molecule has 0 aromatic heterocycles. The van der Waals surface area contributed by atoms with Crippen molar-refractivity contribution in [3.05, 3.63) is 4.91 Å². The van der Waals surface area contributed by atoms with Gasteiger partial charge >= 0.3 is 11.4 Å². The highest BCUT2D eigenvalue weighted by atomic mass is 32.2. The Labute approximate surface area is 50.9 Å². The van der Waals surface area contributed by atoms with E-state index in [1.165, 1.54) is 0 Å². The Kier molecular flexibility index (Phi) is 5.15. The van der Waals surface area contributed by atoms with E-state index < -0.39 is 11.4 Å². The summed E-state index contributed by atoms with van der Waals surface area (Å²) in [6, 6.07) is 0. The molecule has 0 spiro atoms. The van der Waals surface area contributed by atoms with Gasteiger partial charge in [-0.3, -0.25) is 0 Å². The third-order valence-electron chi connectivity index (χ3n) is 0.202. The fourth-order valence-corrected chi connectivity index (χ4v) is 0.220. The Balaban J connectivity index is 3.16. The van der Waals surface area contributed by atoms with E-state index in [9.17, 15) is 4.21 Å². The highest BCUT2D eigenvalue weighted by molar-refractivity contribution is 7.74. The van der Waals surface area contributed by atoms with Crippen LogP contribution in [0.3, 0.4) is 0 Å². The highest BCUT2D eigenvalue weighted by Gasteiger charge is 2.01. The minimum absolute atomic E-state index is 1.68. The zero-order valence-electron chi connectivity index (χ0n) is 3.75. The standard InChI is InChI=1S/HNO7S/c2-1-5-7-9(4)8-6-3/h3H. The van der Waals surface area contributed by atoms with E-state index in [-0.39, 0.29) is 0 Å². The molecule has 0 saturated carbocycles. The van der Waals surface area contributed by atoms with Crippen LogP contribution in [0.4, 0.5) is 0 Å². The first-order chi connectivity index (χ1) is 4.31. The summed E-state index contributed by atoms with van der Waals surface area (Å²) in [5.74, 6) is 0. The fourth-order valence-electron chi connectivity index (χ4n) is 0.0735. The Morgan fingerprint density at radius 2 is 2.11 bits per heavy atom. The SMILES string of the molecule is O=NOOS(=O)OOO. The predicted octanol–water partition coefficient (Wildman–Crippen LogP) is -0.384. The van der Waals surface area contributed by atoms with Crippen LogP contribution in [-0.2, 0) is 30.1 Å². The molecular formula is HNO7S. The summed E-state index contributed by atoms with van der Waals surface area (Å²) >= 11 is -2.51. The largest absolute Gasteiger partial charge is 0.376 e. The normalized spacial score (nSPS) is 12.6. The topological polar surface area (TPSA) is 104 Å². The van der Waals surface area contributed by atoms with Gasteiger partial charge in [-0.1, -0.05) is 9.37 Å². The lowest BCUT2D eigenvalue weighted by molar-refractivity contribution is -0.441.